The van der Waals surface area contributed by atoms with Crippen molar-refractivity contribution in [3.8, 4) is 5.69 Å². The molecule has 0 atom stereocenters. The first kappa shape index (κ1) is 13.2. The van der Waals surface area contributed by atoms with Gasteiger partial charge in [-0.3, -0.25) is 9.36 Å². The number of nitrogens with zero attached hydrogens (tertiary/aromatic N) is 2. The molecular weight excluding hydrogens is 268 g/mol. The number of thioether (sulfide) groups is 1. The van der Waals surface area contributed by atoms with Gasteiger partial charge in [0.1, 0.15) is 0 Å². The molecule has 0 aliphatic heterocycles. The zero-order valence-electron chi connectivity index (χ0n) is 10.2. The number of imidazole rings is 1. The number of carboxylic acids is 1. The van der Waals surface area contributed by atoms with Crippen LogP contribution in [0, 0.1) is 0 Å². The molecule has 2 rings (SSSR count). The molecule has 18 heavy (non-hydrogen) atoms. The third kappa shape index (κ3) is 2.76. The van der Waals surface area contributed by atoms with Gasteiger partial charge in [0.05, 0.1) is 17.6 Å². The predicted molar refractivity (Wildman–Crippen MR) is 73.9 cm³/mol. The molecule has 0 aliphatic rings. The highest BCUT2D eigenvalue weighted by molar-refractivity contribution is 7.99. The monoisotopic (exact) mass is 282 g/mol. The molecule has 0 amide bonds. The molecule has 0 fully saturated rings. The van der Waals surface area contributed by atoms with E-state index in [4.69, 9.17) is 5.11 Å². The molecule has 0 saturated carbocycles. The smallest absolute Gasteiger partial charge is 0.313 e. The van der Waals surface area contributed by atoms with Gasteiger partial charge in [-0.25, -0.2) is 4.98 Å². The molecule has 0 spiro atoms. The van der Waals surface area contributed by atoms with Crippen LogP contribution in [0.3, 0.4) is 0 Å². The van der Waals surface area contributed by atoms with E-state index in [1.807, 2.05) is 27.6 Å². The van der Waals surface area contributed by atoms with Gasteiger partial charge in [0, 0.05) is 11.1 Å². The molecule has 2 aromatic heterocycles. The van der Waals surface area contributed by atoms with Gasteiger partial charge in [0.2, 0.25) is 0 Å². The maximum Gasteiger partial charge on any atom is 0.313 e. The summed E-state index contributed by atoms with van der Waals surface area (Å²) in [6, 6.07) is 2.02. The number of carboxylic acid groups (broad SMARTS) is 1. The second-order valence-corrected chi connectivity index (χ2v) is 5.84. The predicted octanol–water partition coefficient (Wildman–Crippen LogP) is 3.23. The average molecular weight is 282 g/mol. The first-order valence-electron chi connectivity index (χ1n) is 5.54. The Balaban J connectivity index is 2.38. The second kappa shape index (κ2) is 5.58. The van der Waals surface area contributed by atoms with Crippen LogP contribution in [0.5, 0.6) is 0 Å². The van der Waals surface area contributed by atoms with Crippen LogP contribution in [0.15, 0.2) is 28.2 Å². The Bertz CT molecular complexity index is 532. The summed E-state index contributed by atoms with van der Waals surface area (Å²) in [6.07, 6.45) is 1.83. The Morgan fingerprint density at radius 2 is 2.39 bits per heavy atom. The molecule has 6 heteroatoms. The molecule has 1 N–H and O–H groups in total. The number of rotatable bonds is 5. The molecule has 0 unspecified atom stereocenters. The Morgan fingerprint density at radius 3 is 2.94 bits per heavy atom. The third-order valence-electron chi connectivity index (χ3n) is 2.44. The number of thiophene rings is 1. The summed E-state index contributed by atoms with van der Waals surface area (Å²) in [5.41, 5.74) is 2.15. The van der Waals surface area contributed by atoms with Crippen LogP contribution in [-0.2, 0) is 4.79 Å². The van der Waals surface area contributed by atoms with Gasteiger partial charge in [-0.2, -0.15) is 11.3 Å². The minimum Gasteiger partial charge on any atom is -0.481 e. The Kier molecular flexibility index (Phi) is 4.08. The minimum atomic E-state index is -0.828. The minimum absolute atomic E-state index is 0.0265. The van der Waals surface area contributed by atoms with Gasteiger partial charge >= 0.3 is 5.97 Å². The largest absolute Gasteiger partial charge is 0.481 e. The van der Waals surface area contributed by atoms with E-state index in [0.29, 0.717) is 5.92 Å². The van der Waals surface area contributed by atoms with Gasteiger partial charge in [-0.05, 0) is 17.4 Å². The number of aromatic nitrogens is 2. The summed E-state index contributed by atoms with van der Waals surface area (Å²) in [7, 11) is 0. The van der Waals surface area contributed by atoms with E-state index in [0.717, 1.165) is 16.5 Å². The fourth-order valence-electron chi connectivity index (χ4n) is 1.63. The van der Waals surface area contributed by atoms with Crippen molar-refractivity contribution in [3.63, 3.8) is 0 Å². The maximum atomic E-state index is 10.7. The van der Waals surface area contributed by atoms with Gasteiger partial charge in [-0.15, -0.1) is 0 Å². The Hall–Kier alpha value is -1.27. The lowest BCUT2D eigenvalue weighted by Crippen LogP contribution is -2.04. The highest BCUT2D eigenvalue weighted by Crippen LogP contribution is 2.28. The van der Waals surface area contributed by atoms with Gasteiger partial charge < -0.3 is 5.11 Å². The zero-order chi connectivity index (χ0) is 13.1. The van der Waals surface area contributed by atoms with Crippen LogP contribution in [-0.4, -0.2) is 26.4 Å². The SMILES string of the molecule is CC(C)c1cnc(SCC(=O)O)n1-c1ccsc1. The molecule has 0 radical (unpaired) electrons. The molecule has 0 aliphatic carbocycles. The lowest BCUT2D eigenvalue weighted by Gasteiger charge is -2.11. The van der Waals surface area contributed by atoms with E-state index < -0.39 is 5.97 Å². The third-order valence-corrected chi connectivity index (χ3v) is 4.05. The molecule has 4 nitrogen and oxygen atoms in total. The van der Waals surface area contributed by atoms with E-state index in [-0.39, 0.29) is 5.75 Å². The van der Waals surface area contributed by atoms with Crippen molar-refractivity contribution in [2.24, 2.45) is 0 Å². The Morgan fingerprint density at radius 1 is 1.61 bits per heavy atom. The van der Waals surface area contributed by atoms with Crippen molar-refractivity contribution >= 4 is 29.1 Å². The summed E-state index contributed by atoms with van der Waals surface area (Å²) in [6.45, 7) is 4.21. The summed E-state index contributed by atoms with van der Waals surface area (Å²) in [5, 5.41) is 13.5. The number of aliphatic carboxylic acids is 1. The number of hydrogen-bond acceptors (Lipinski definition) is 4. The number of hydrogen-bond donors (Lipinski definition) is 1. The second-order valence-electron chi connectivity index (χ2n) is 4.12. The van der Waals surface area contributed by atoms with Crippen molar-refractivity contribution in [1.29, 1.82) is 0 Å². The van der Waals surface area contributed by atoms with Crippen LogP contribution in [0.2, 0.25) is 0 Å². The molecule has 0 bridgehead atoms. The van der Waals surface area contributed by atoms with Crippen molar-refractivity contribution < 1.29 is 9.90 Å². The molecule has 96 valence electrons. The van der Waals surface area contributed by atoms with Crippen molar-refractivity contribution in [2.45, 2.75) is 24.9 Å². The normalized spacial score (nSPS) is 11.1. The van der Waals surface area contributed by atoms with E-state index in [1.54, 1.807) is 11.3 Å². The Labute approximate surface area is 114 Å². The highest BCUT2D eigenvalue weighted by Gasteiger charge is 2.15. The average Bonchev–Trinajstić information content (AvgIpc) is 2.94. The summed E-state index contributed by atoms with van der Waals surface area (Å²) < 4.78 is 2.04. The van der Waals surface area contributed by atoms with Gasteiger partial charge in [0.25, 0.3) is 0 Å². The fraction of sp³-hybridized carbons (Fsp3) is 0.333. The topological polar surface area (TPSA) is 55.1 Å². The molecular formula is C12H14N2O2S2. The standard InChI is InChI=1S/C12H14N2O2S2/c1-8(2)10-5-13-12(18-7-11(15)16)14(10)9-3-4-17-6-9/h3-6,8H,7H2,1-2H3,(H,15,16). The van der Waals surface area contributed by atoms with Gasteiger partial charge in [-0.1, -0.05) is 25.6 Å². The van der Waals surface area contributed by atoms with Crippen LogP contribution >= 0.6 is 23.1 Å². The van der Waals surface area contributed by atoms with Gasteiger partial charge in [0.15, 0.2) is 5.16 Å². The van der Waals surface area contributed by atoms with Crippen LogP contribution < -0.4 is 0 Å². The van der Waals surface area contributed by atoms with Crippen molar-refractivity contribution in [1.82, 2.24) is 9.55 Å². The maximum absolute atomic E-state index is 10.7. The molecule has 2 heterocycles. The number of carbonyl (C=O) groups is 1. The molecule has 0 saturated heterocycles. The zero-order valence-corrected chi connectivity index (χ0v) is 11.8. The fourth-order valence-corrected chi connectivity index (χ4v) is 2.97. The molecule has 2 aromatic rings. The van der Waals surface area contributed by atoms with Crippen molar-refractivity contribution in [2.75, 3.05) is 5.75 Å². The summed E-state index contributed by atoms with van der Waals surface area (Å²) >= 11 is 2.87. The lowest BCUT2D eigenvalue weighted by atomic mass is 10.1. The first-order valence-corrected chi connectivity index (χ1v) is 7.47. The summed E-state index contributed by atoms with van der Waals surface area (Å²) in [4.78, 5) is 15.0. The lowest BCUT2D eigenvalue weighted by molar-refractivity contribution is -0.133. The summed E-state index contributed by atoms with van der Waals surface area (Å²) in [5.74, 6) is -0.457. The highest BCUT2D eigenvalue weighted by atomic mass is 32.2. The van der Waals surface area contributed by atoms with Crippen molar-refractivity contribution in [3.05, 3.63) is 28.7 Å². The molecule has 0 aromatic carbocycles. The van der Waals surface area contributed by atoms with Crippen LogP contribution in [0.4, 0.5) is 0 Å². The first-order chi connectivity index (χ1) is 8.59. The van der Waals surface area contributed by atoms with E-state index >= 15 is 0 Å². The van der Waals surface area contributed by atoms with Crippen LogP contribution in [0.25, 0.3) is 5.69 Å². The van der Waals surface area contributed by atoms with E-state index in [2.05, 4.69) is 18.8 Å². The van der Waals surface area contributed by atoms with E-state index in [9.17, 15) is 4.79 Å². The van der Waals surface area contributed by atoms with E-state index in [1.165, 1.54) is 11.8 Å². The quantitative estimate of drug-likeness (QED) is 0.855. The van der Waals surface area contributed by atoms with Crippen LogP contribution in [0.1, 0.15) is 25.5 Å².